The summed E-state index contributed by atoms with van der Waals surface area (Å²) in [5.41, 5.74) is 2.19. The first kappa shape index (κ1) is 16.6. The topological polar surface area (TPSA) is 44.4 Å². The average molecular weight is 356 g/mol. The van der Waals surface area contributed by atoms with Gasteiger partial charge in [0.25, 0.3) is 0 Å². The summed E-state index contributed by atoms with van der Waals surface area (Å²) in [4.78, 5) is 6.56. The van der Waals surface area contributed by atoms with E-state index in [1.54, 1.807) is 7.11 Å². The van der Waals surface area contributed by atoms with Crippen LogP contribution in [-0.2, 0) is 13.1 Å². The molecule has 1 fully saturated rings. The molecule has 25 heavy (non-hydrogen) atoms. The Morgan fingerprint density at radius 1 is 1.12 bits per heavy atom. The van der Waals surface area contributed by atoms with Crippen LogP contribution in [0, 0.1) is 0 Å². The first-order chi connectivity index (χ1) is 12.3. The van der Waals surface area contributed by atoms with Gasteiger partial charge in [0.05, 0.1) is 18.3 Å². The quantitative estimate of drug-likeness (QED) is 0.761. The largest absolute Gasteiger partial charge is 0.497 e. The minimum Gasteiger partial charge on any atom is -0.497 e. The fourth-order valence-electron chi connectivity index (χ4n) is 3.48. The molecule has 0 unspecified atom stereocenters. The zero-order valence-electron chi connectivity index (χ0n) is 14.6. The summed E-state index contributed by atoms with van der Waals surface area (Å²) in [7, 11) is 1.71. The molecular formula is C19H24N4OS. The van der Waals surface area contributed by atoms with Gasteiger partial charge in [0, 0.05) is 36.4 Å². The number of hydrogen-bond donors (Lipinski definition) is 1. The van der Waals surface area contributed by atoms with E-state index in [4.69, 9.17) is 4.74 Å². The number of benzene rings is 1. The van der Waals surface area contributed by atoms with Crippen LogP contribution in [0.1, 0.15) is 17.0 Å². The summed E-state index contributed by atoms with van der Waals surface area (Å²) < 4.78 is 5.36. The lowest BCUT2D eigenvalue weighted by Gasteiger charge is -2.21. The lowest BCUT2D eigenvalue weighted by atomic mass is 10.2. The molecule has 1 saturated heterocycles. The summed E-state index contributed by atoms with van der Waals surface area (Å²) in [6.07, 6.45) is 1.21. The van der Waals surface area contributed by atoms with Crippen LogP contribution in [0.4, 0.5) is 0 Å². The molecule has 0 saturated carbocycles. The number of nitrogens with one attached hydrogen (secondary N) is 1. The molecule has 4 rings (SSSR count). The van der Waals surface area contributed by atoms with Crippen LogP contribution in [-0.4, -0.2) is 53.3 Å². The van der Waals surface area contributed by atoms with E-state index in [-0.39, 0.29) is 0 Å². The normalized spacial score (nSPS) is 17.0. The first-order valence-electron chi connectivity index (χ1n) is 8.80. The van der Waals surface area contributed by atoms with E-state index in [0.717, 1.165) is 44.0 Å². The number of thiophene rings is 1. The van der Waals surface area contributed by atoms with Crippen molar-refractivity contribution in [2.75, 3.05) is 33.3 Å². The smallest absolute Gasteiger partial charge is 0.119 e. The summed E-state index contributed by atoms with van der Waals surface area (Å²) in [5.74, 6) is 0.883. The third-order valence-electron chi connectivity index (χ3n) is 4.86. The number of ether oxygens (including phenoxy) is 1. The standard InChI is InChI=1S/C19H24N4OS/c1-24-15-5-6-18-17(12-15)19(21-20-18)14-23-8-3-7-22(9-10-23)13-16-4-2-11-25-16/h2,4-6,11-12H,3,7-10,13-14H2,1H3,(H,20,21). The number of aromatic amines is 1. The second-order valence-corrected chi connectivity index (χ2v) is 7.60. The second-order valence-electron chi connectivity index (χ2n) is 6.57. The van der Waals surface area contributed by atoms with E-state index in [9.17, 15) is 0 Å². The van der Waals surface area contributed by atoms with Gasteiger partial charge in [-0.2, -0.15) is 5.10 Å². The number of H-pyrrole nitrogens is 1. The highest BCUT2D eigenvalue weighted by molar-refractivity contribution is 7.09. The molecule has 6 heteroatoms. The average Bonchev–Trinajstić information content (AvgIpc) is 3.22. The molecule has 132 valence electrons. The van der Waals surface area contributed by atoms with Crippen molar-refractivity contribution in [3.05, 3.63) is 46.3 Å². The van der Waals surface area contributed by atoms with Gasteiger partial charge in [-0.1, -0.05) is 6.07 Å². The zero-order valence-corrected chi connectivity index (χ0v) is 15.4. The SMILES string of the molecule is COc1ccc2n[nH]c(CN3CCCN(Cc4cccs4)CC3)c2c1. The molecule has 1 N–H and O–H groups in total. The van der Waals surface area contributed by atoms with Crippen LogP contribution in [0.15, 0.2) is 35.7 Å². The van der Waals surface area contributed by atoms with Gasteiger partial charge in [-0.15, -0.1) is 11.3 Å². The van der Waals surface area contributed by atoms with E-state index in [1.807, 2.05) is 23.5 Å². The van der Waals surface area contributed by atoms with Gasteiger partial charge in [0.15, 0.2) is 0 Å². The van der Waals surface area contributed by atoms with Gasteiger partial charge >= 0.3 is 0 Å². The van der Waals surface area contributed by atoms with Gasteiger partial charge in [0.2, 0.25) is 0 Å². The minimum atomic E-state index is 0.883. The third kappa shape index (κ3) is 3.86. The summed E-state index contributed by atoms with van der Waals surface area (Å²) in [5, 5.41) is 11.0. The zero-order chi connectivity index (χ0) is 17.1. The molecule has 3 aromatic rings. The van der Waals surface area contributed by atoms with Crippen molar-refractivity contribution in [1.82, 2.24) is 20.0 Å². The Hall–Kier alpha value is -1.89. The Bertz CT molecular complexity index is 814. The van der Waals surface area contributed by atoms with Gasteiger partial charge in [-0.25, -0.2) is 0 Å². The van der Waals surface area contributed by atoms with E-state index >= 15 is 0 Å². The minimum absolute atomic E-state index is 0.883. The van der Waals surface area contributed by atoms with Crippen LogP contribution < -0.4 is 4.74 Å². The summed E-state index contributed by atoms with van der Waals surface area (Å²) in [6.45, 7) is 6.51. The number of nitrogens with zero attached hydrogens (tertiary/aromatic N) is 3. The van der Waals surface area contributed by atoms with Crippen molar-refractivity contribution in [3.63, 3.8) is 0 Å². The number of rotatable bonds is 5. The van der Waals surface area contributed by atoms with Crippen molar-refractivity contribution >= 4 is 22.2 Å². The number of aromatic nitrogens is 2. The molecular weight excluding hydrogens is 332 g/mol. The van der Waals surface area contributed by atoms with E-state index in [0.29, 0.717) is 0 Å². The second kappa shape index (κ2) is 7.56. The van der Waals surface area contributed by atoms with Crippen LogP contribution >= 0.6 is 11.3 Å². The maximum absolute atomic E-state index is 5.36. The number of fused-ring (bicyclic) bond motifs is 1. The Kier molecular flexibility index (Phi) is 5.01. The molecule has 0 radical (unpaired) electrons. The van der Waals surface area contributed by atoms with Gasteiger partial charge < -0.3 is 4.74 Å². The maximum Gasteiger partial charge on any atom is 0.119 e. The highest BCUT2D eigenvalue weighted by Gasteiger charge is 2.17. The summed E-state index contributed by atoms with van der Waals surface area (Å²) in [6, 6.07) is 10.4. The molecule has 2 aromatic heterocycles. The molecule has 0 atom stereocenters. The van der Waals surface area contributed by atoms with Crippen molar-refractivity contribution in [3.8, 4) is 5.75 Å². The third-order valence-corrected chi connectivity index (χ3v) is 5.72. The Morgan fingerprint density at radius 3 is 2.72 bits per heavy atom. The van der Waals surface area contributed by atoms with Gasteiger partial charge in [0.1, 0.15) is 5.75 Å². The molecule has 0 spiro atoms. The van der Waals surface area contributed by atoms with Crippen LogP contribution in [0.3, 0.4) is 0 Å². The van der Waals surface area contributed by atoms with Crippen LogP contribution in [0.25, 0.3) is 10.9 Å². The fourth-order valence-corrected chi connectivity index (χ4v) is 4.22. The van der Waals surface area contributed by atoms with E-state index in [1.165, 1.54) is 28.9 Å². The number of hydrogen-bond acceptors (Lipinski definition) is 5. The van der Waals surface area contributed by atoms with Crippen molar-refractivity contribution in [2.24, 2.45) is 0 Å². The van der Waals surface area contributed by atoms with Crippen LogP contribution in [0.2, 0.25) is 0 Å². The summed E-state index contributed by atoms with van der Waals surface area (Å²) >= 11 is 1.85. The van der Waals surface area contributed by atoms with E-state index < -0.39 is 0 Å². The fraction of sp³-hybridized carbons (Fsp3) is 0.421. The van der Waals surface area contributed by atoms with Crippen molar-refractivity contribution in [1.29, 1.82) is 0 Å². The highest BCUT2D eigenvalue weighted by Crippen LogP contribution is 2.23. The molecule has 1 aliphatic heterocycles. The Morgan fingerprint density at radius 2 is 1.96 bits per heavy atom. The predicted octanol–water partition coefficient (Wildman–Crippen LogP) is 3.34. The molecule has 3 heterocycles. The first-order valence-corrected chi connectivity index (χ1v) is 9.68. The lowest BCUT2D eigenvalue weighted by molar-refractivity contribution is 0.247. The predicted molar refractivity (Wildman–Crippen MR) is 102 cm³/mol. The lowest BCUT2D eigenvalue weighted by Crippen LogP contribution is -2.30. The molecule has 1 aliphatic rings. The molecule has 0 bridgehead atoms. The highest BCUT2D eigenvalue weighted by atomic mass is 32.1. The Labute approximate surface area is 152 Å². The molecule has 5 nitrogen and oxygen atoms in total. The molecule has 0 aliphatic carbocycles. The molecule has 0 amide bonds. The maximum atomic E-state index is 5.36. The van der Waals surface area contributed by atoms with Gasteiger partial charge in [-0.3, -0.25) is 14.9 Å². The van der Waals surface area contributed by atoms with Crippen molar-refractivity contribution < 1.29 is 4.74 Å². The number of methoxy groups -OCH3 is 1. The molecule has 1 aromatic carbocycles. The monoisotopic (exact) mass is 356 g/mol. The van der Waals surface area contributed by atoms with Crippen molar-refractivity contribution in [2.45, 2.75) is 19.5 Å². The van der Waals surface area contributed by atoms with Crippen LogP contribution in [0.5, 0.6) is 5.75 Å². The van der Waals surface area contributed by atoms with E-state index in [2.05, 4.69) is 43.6 Å². The van der Waals surface area contributed by atoms with Gasteiger partial charge in [-0.05, 0) is 49.2 Å². The Balaban J connectivity index is 1.41.